The maximum absolute atomic E-state index is 5.28. The highest BCUT2D eigenvalue weighted by atomic mass is 16.5. The van der Waals surface area contributed by atoms with Crippen LogP contribution in [0.15, 0.2) is 27.8 Å². The number of pyridine rings is 1. The van der Waals surface area contributed by atoms with E-state index in [9.17, 15) is 0 Å². The minimum absolute atomic E-state index is 0.279. The average molecular weight is 386 g/mol. The first kappa shape index (κ1) is 20.1. The normalized spacial score (nSPS) is 15.9. The molecule has 8 heteroatoms. The second kappa shape index (κ2) is 9.52. The molecular weight excluding hydrogens is 354 g/mol. The topological polar surface area (TPSA) is 91.5 Å². The van der Waals surface area contributed by atoms with Gasteiger partial charge in [0.1, 0.15) is 5.82 Å². The molecule has 28 heavy (non-hydrogen) atoms. The number of anilines is 1. The quantitative estimate of drug-likeness (QED) is 0.582. The van der Waals surface area contributed by atoms with Gasteiger partial charge in [0.15, 0.2) is 11.8 Å². The maximum Gasteiger partial charge on any atom is 0.228 e. The molecule has 3 rings (SSSR count). The van der Waals surface area contributed by atoms with E-state index in [1.807, 2.05) is 6.20 Å². The molecule has 0 radical (unpaired) electrons. The van der Waals surface area contributed by atoms with Crippen LogP contribution in [0.1, 0.15) is 49.9 Å². The Balaban J connectivity index is 1.41. The number of nitrogens with zero attached hydrogens (tertiary/aromatic N) is 5. The molecule has 0 atom stereocenters. The minimum Gasteiger partial charge on any atom is -0.356 e. The molecule has 0 unspecified atom stereocenters. The Morgan fingerprint density at radius 2 is 2.11 bits per heavy atom. The smallest absolute Gasteiger partial charge is 0.228 e. The predicted molar refractivity (Wildman–Crippen MR) is 111 cm³/mol. The fourth-order valence-corrected chi connectivity index (χ4v) is 3.18. The lowest BCUT2D eigenvalue weighted by Crippen LogP contribution is -2.49. The lowest BCUT2D eigenvalue weighted by atomic mass is 10.1. The number of hydrogen-bond donors (Lipinski definition) is 2. The third-order valence-corrected chi connectivity index (χ3v) is 4.91. The van der Waals surface area contributed by atoms with Gasteiger partial charge in [0.05, 0.1) is 0 Å². The first-order chi connectivity index (χ1) is 13.5. The molecule has 1 saturated heterocycles. The Labute approximate surface area is 166 Å². The van der Waals surface area contributed by atoms with Gasteiger partial charge < -0.3 is 20.1 Å². The number of aliphatic imine (C=N–C) groups is 1. The van der Waals surface area contributed by atoms with Crippen LogP contribution in [0.4, 0.5) is 5.82 Å². The molecule has 0 spiro atoms. The number of hydrogen-bond acceptors (Lipinski definition) is 6. The summed E-state index contributed by atoms with van der Waals surface area (Å²) in [6, 6.07) is 4.63. The molecule has 0 aromatic carbocycles. The van der Waals surface area contributed by atoms with Gasteiger partial charge in [-0.2, -0.15) is 4.98 Å². The van der Waals surface area contributed by atoms with Crippen molar-refractivity contribution in [1.82, 2.24) is 25.8 Å². The molecule has 2 N–H and O–H groups in total. The number of aromatic nitrogens is 3. The van der Waals surface area contributed by atoms with Gasteiger partial charge in [-0.15, -0.1) is 0 Å². The van der Waals surface area contributed by atoms with E-state index in [4.69, 9.17) is 4.52 Å². The number of aryl methyl sites for hydroxylation is 1. The van der Waals surface area contributed by atoms with Crippen LogP contribution < -0.4 is 15.5 Å². The van der Waals surface area contributed by atoms with Gasteiger partial charge in [-0.05, 0) is 31.4 Å². The van der Waals surface area contributed by atoms with Crippen molar-refractivity contribution < 1.29 is 4.52 Å². The molecule has 2 aromatic rings. The molecule has 2 aromatic heterocycles. The molecule has 1 aliphatic rings. The minimum atomic E-state index is 0.279. The highest BCUT2D eigenvalue weighted by Crippen LogP contribution is 2.18. The van der Waals surface area contributed by atoms with Crippen molar-refractivity contribution in [3.63, 3.8) is 0 Å². The first-order valence-electron chi connectivity index (χ1n) is 10.0. The van der Waals surface area contributed by atoms with Crippen LogP contribution in [-0.4, -0.2) is 53.8 Å². The van der Waals surface area contributed by atoms with Gasteiger partial charge >= 0.3 is 0 Å². The molecule has 8 nitrogen and oxygen atoms in total. The summed E-state index contributed by atoms with van der Waals surface area (Å²) in [6.07, 6.45) is 4.71. The Kier molecular flexibility index (Phi) is 6.84. The van der Waals surface area contributed by atoms with E-state index in [1.165, 1.54) is 5.56 Å². The Hall–Kier alpha value is -2.64. The fourth-order valence-electron chi connectivity index (χ4n) is 3.18. The lowest BCUT2D eigenvalue weighted by Gasteiger charge is -2.33. The van der Waals surface area contributed by atoms with Crippen molar-refractivity contribution in [2.45, 2.75) is 52.0 Å². The molecule has 152 valence electrons. The van der Waals surface area contributed by atoms with Crippen molar-refractivity contribution in [3.8, 4) is 0 Å². The van der Waals surface area contributed by atoms with E-state index in [2.05, 4.69) is 68.6 Å². The zero-order valence-corrected chi connectivity index (χ0v) is 17.3. The van der Waals surface area contributed by atoms with Crippen LogP contribution in [0.2, 0.25) is 0 Å². The summed E-state index contributed by atoms with van der Waals surface area (Å²) in [6.45, 7) is 8.85. The SMILES string of the molecule is CN=C(NCCc1nc(C(C)C)no1)NC1CCN(c2ccc(C)cn2)CC1. The van der Waals surface area contributed by atoms with Crippen LogP contribution in [0.3, 0.4) is 0 Å². The Bertz CT molecular complexity index is 761. The summed E-state index contributed by atoms with van der Waals surface area (Å²) >= 11 is 0. The molecule has 0 bridgehead atoms. The van der Waals surface area contributed by atoms with Gasteiger partial charge in [-0.25, -0.2) is 4.98 Å². The van der Waals surface area contributed by atoms with Crippen molar-refractivity contribution >= 4 is 11.8 Å². The number of guanidine groups is 1. The van der Waals surface area contributed by atoms with Gasteiger partial charge in [0.2, 0.25) is 5.89 Å². The fraction of sp³-hybridized carbons (Fsp3) is 0.600. The van der Waals surface area contributed by atoms with Crippen LogP contribution in [0.25, 0.3) is 0 Å². The third-order valence-electron chi connectivity index (χ3n) is 4.91. The summed E-state index contributed by atoms with van der Waals surface area (Å²) < 4.78 is 5.28. The molecule has 0 saturated carbocycles. The Morgan fingerprint density at radius 1 is 1.32 bits per heavy atom. The molecule has 0 amide bonds. The molecular formula is C20H31N7O. The molecule has 1 fully saturated rings. The van der Waals surface area contributed by atoms with Gasteiger partial charge in [0, 0.05) is 51.3 Å². The van der Waals surface area contributed by atoms with Crippen molar-refractivity contribution in [1.29, 1.82) is 0 Å². The summed E-state index contributed by atoms with van der Waals surface area (Å²) in [5.74, 6) is 3.57. The summed E-state index contributed by atoms with van der Waals surface area (Å²) in [5.41, 5.74) is 1.19. The van der Waals surface area contributed by atoms with Crippen LogP contribution >= 0.6 is 0 Å². The van der Waals surface area contributed by atoms with E-state index in [0.717, 1.165) is 43.5 Å². The first-order valence-corrected chi connectivity index (χ1v) is 10.0. The molecule has 1 aliphatic heterocycles. The monoisotopic (exact) mass is 385 g/mol. The number of nitrogens with one attached hydrogen (secondary N) is 2. The Morgan fingerprint density at radius 3 is 2.71 bits per heavy atom. The van der Waals surface area contributed by atoms with E-state index in [-0.39, 0.29) is 5.92 Å². The second-order valence-electron chi connectivity index (χ2n) is 7.55. The van der Waals surface area contributed by atoms with Crippen LogP contribution in [-0.2, 0) is 6.42 Å². The van der Waals surface area contributed by atoms with Crippen molar-refractivity contribution in [3.05, 3.63) is 35.6 Å². The summed E-state index contributed by atoms with van der Waals surface area (Å²) in [5, 5.41) is 10.9. The average Bonchev–Trinajstić information content (AvgIpc) is 3.18. The zero-order valence-electron chi connectivity index (χ0n) is 17.3. The van der Waals surface area contributed by atoms with E-state index < -0.39 is 0 Å². The van der Waals surface area contributed by atoms with Gasteiger partial charge in [-0.1, -0.05) is 25.1 Å². The number of rotatable bonds is 6. The standard InChI is InChI=1S/C20H31N7O/c1-14(2)19-25-18(28-26-19)7-10-22-20(21-4)24-16-8-11-27(12-9-16)17-6-5-15(3)13-23-17/h5-6,13-14,16H,7-12H2,1-4H3,(H2,21,22,24). The molecule has 0 aliphatic carbocycles. The summed E-state index contributed by atoms with van der Waals surface area (Å²) in [4.78, 5) is 15.6. The van der Waals surface area contributed by atoms with E-state index in [0.29, 0.717) is 24.9 Å². The second-order valence-corrected chi connectivity index (χ2v) is 7.55. The lowest BCUT2D eigenvalue weighted by molar-refractivity contribution is 0.371. The van der Waals surface area contributed by atoms with E-state index >= 15 is 0 Å². The van der Waals surface area contributed by atoms with Gasteiger partial charge in [0.25, 0.3) is 0 Å². The van der Waals surface area contributed by atoms with Crippen LogP contribution in [0, 0.1) is 6.92 Å². The number of piperidine rings is 1. The van der Waals surface area contributed by atoms with E-state index in [1.54, 1.807) is 7.05 Å². The molecule has 3 heterocycles. The highest BCUT2D eigenvalue weighted by molar-refractivity contribution is 5.80. The zero-order chi connectivity index (χ0) is 19.9. The summed E-state index contributed by atoms with van der Waals surface area (Å²) in [7, 11) is 1.80. The maximum atomic E-state index is 5.28. The third kappa shape index (κ3) is 5.43. The van der Waals surface area contributed by atoms with Gasteiger partial charge in [-0.3, -0.25) is 4.99 Å². The van der Waals surface area contributed by atoms with Crippen molar-refractivity contribution in [2.24, 2.45) is 4.99 Å². The highest BCUT2D eigenvalue weighted by Gasteiger charge is 2.21. The predicted octanol–water partition coefficient (Wildman–Crippen LogP) is 2.27. The largest absolute Gasteiger partial charge is 0.356 e. The van der Waals surface area contributed by atoms with Crippen LogP contribution in [0.5, 0.6) is 0 Å². The van der Waals surface area contributed by atoms with Crippen molar-refractivity contribution in [2.75, 3.05) is 31.6 Å².